The van der Waals surface area contributed by atoms with Crippen LogP contribution in [0.3, 0.4) is 0 Å². The molecule has 2 aromatic rings. The zero-order chi connectivity index (χ0) is 19.9. The van der Waals surface area contributed by atoms with Gasteiger partial charge in [0.25, 0.3) is 10.0 Å². The third-order valence-electron chi connectivity index (χ3n) is 5.05. The standard InChI is InChI=1S/C18H21N5O4S/c1-11(18-20-12(2)21-27-18)19-17(24)13-7-9-23(10-8-13)16-14-5-3-4-6-15(14)28(25,26)22-16/h3-6,11,13H,7-10H2,1-2H3,(H,19,24). The third kappa shape index (κ3) is 3.39. The van der Waals surface area contributed by atoms with E-state index in [1.807, 2.05) is 4.90 Å². The van der Waals surface area contributed by atoms with Crippen LogP contribution in [-0.2, 0) is 14.8 Å². The Morgan fingerprint density at radius 2 is 2.00 bits per heavy atom. The van der Waals surface area contributed by atoms with Gasteiger partial charge in [-0.15, -0.1) is 4.40 Å². The predicted octanol–water partition coefficient (Wildman–Crippen LogP) is 1.42. The predicted molar refractivity (Wildman–Crippen MR) is 100 cm³/mol. The van der Waals surface area contributed by atoms with E-state index in [1.54, 1.807) is 38.1 Å². The topological polar surface area (TPSA) is 118 Å². The molecule has 2 aliphatic rings. The Bertz CT molecular complexity index is 1040. The number of sulfonamides is 1. The summed E-state index contributed by atoms with van der Waals surface area (Å²) >= 11 is 0. The number of carbonyl (C=O) groups excluding carboxylic acids is 1. The highest BCUT2D eigenvalue weighted by molar-refractivity contribution is 7.90. The molecule has 9 nitrogen and oxygen atoms in total. The fourth-order valence-corrected chi connectivity index (χ4v) is 4.78. The van der Waals surface area contributed by atoms with Gasteiger partial charge in [-0.3, -0.25) is 4.79 Å². The highest BCUT2D eigenvalue weighted by atomic mass is 32.2. The van der Waals surface area contributed by atoms with Crippen LogP contribution in [-0.4, -0.2) is 48.3 Å². The SMILES string of the molecule is Cc1noc(C(C)NC(=O)C2CCN(C3=NS(=O)(=O)c4ccccc43)CC2)n1. The number of piperidine rings is 1. The molecule has 1 aromatic heterocycles. The number of hydrogen-bond acceptors (Lipinski definition) is 7. The van der Waals surface area contributed by atoms with Crippen LogP contribution in [0.15, 0.2) is 38.1 Å². The van der Waals surface area contributed by atoms with Gasteiger partial charge < -0.3 is 14.7 Å². The smallest absolute Gasteiger partial charge is 0.285 e. The lowest BCUT2D eigenvalue weighted by molar-refractivity contribution is -0.127. The lowest BCUT2D eigenvalue weighted by Crippen LogP contribution is -2.43. The van der Waals surface area contributed by atoms with Gasteiger partial charge in [0.1, 0.15) is 10.9 Å². The van der Waals surface area contributed by atoms with E-state index in [2.05, 4.69) is 19.9 Å². The van der Waals surface area contributed by atoms with Gasteiger partial charge in [-0.25, -0.2) is 0 Å². The molecule has 0 aliphatic carbocycles. The minimum atomic E-state index is -3.63. The zero-order valence-corrected chi connectivity index (χ0v) is 16.4. The normalized spacial score (nSPS) is 19.8. The molecule has 1 aromatic carbocycles. The molecule has 1 atom stereocenters. The number of likely N-dealkylation sites (tertiary alicyclic amines) is 1. The lowest BCUT2D eigenvalue weighted by atomic mass is 9.95. The van der Waals surface area contributed by atoms with E-state index in [-0.39, 0.29) is 22.8 Å². The summed E-state index contributed by atoms with van der Waals surface area (Å²) in [5, 5.41) is 6.65. The Balaban J connectivity index is 1.39. The maximum Gasteiger partial charge on any atom is 0.285 e. The Morgan fingerprint density at radius 3 is 2.68 bits per heavy atom. The van der Waals surface area contributed by atoms with Crippen molar-refractivity contribution in [1.29, 1.82) is 0 Å². The number of benzene rings is 1. The molecule has 1 saturated heterocycles. The van der Waals surface area contributed by atoms with Gasteiger partial charge in [0.15, 0.2) is 11.7 Å². The lowest BCUT2D eigenvalue weighted by Gasteiger charge is -2.33. The van der Waals surface area contributed by atoms with Crippen LogP contribution in [0.5, 0.6) is 0 Å². The van der Waals surface area contributed by atoms with Gasteiger partial charge in [-0.1, -0.05) is 17.3 Å². The molecule has 148 valence electrons. The number of carbonyl (C=O) groups is 1. The first-order valence-electron chi connectivity index (χ1n) is 9.15. The average Bonchev–Trinajstić information content (AvgIpc) is 3.23. The fraction of sp³-hybridized carbons (Fsp3) is 0.444. The van der Waals surface area contributed by atoms with Crippen LogP contribution in [0.25, 0.3) is 0 Å². The van der Waals surface area contributed by atoms with Crippen molar-refractivity contribution in [2.45, 2.75) is 37.6 Å². The van der Waals surface area contributed by atoms with E-state index >= 15 is 0 Å². The first-order valence-corrected chi connectivity index (χ1v) is 10.6. The van der Waals surface area contributed by atoms with Crippen molar-refractivity contribution in [3.8, 4) is 0 Å². The van der Waals surface area contributed by atoms with Gasteiger partial charge in [0.05, 0.1) is 0 Å². The van der Waals surface area contributed by atoms with Crippen molar-refractivity contribution in [2.24, 2.45) is 10.3 Å². The van der Waals surface area contributed by atoms with Gasteiger partial charge in [0.2, 0.25) is 11.8 Å². The Labute approximate surface area is 162 Å². The molecule has 0 bridgehead atoms. The van der Waals surface area contributed by atoms with Crippen LogP contribution >= 0.6 is 0 Å². The van der Waals surface area contributed by atoms with Crippen LogP contribution < -0.4 is 5.32 Å². The molecule has 0 spiro atoms. The highest BCUT2D eigenvalue weighted by Gasteiger charge is 2.34. The first-order chi connectivity index (χ1) is 13.3. The van der Waals surface area contributed by atoms with Crippen molar-refractivity contribution in [3.05, 3.63) is 41.5 Å². The molecule has 1 amide bonds. The van der Waals surface area contributed by atoms with E-state index in [1.165, 1.54) is 0 Å². The summed E-state index contributed by atoms with van der Waals surface area (Å²) in [6, 6.07) is 6.48. The summed E-state index contributed by atoms with van der Waals surface area (Å²) in [5.41, 5.74) is 0.630. The van der Waals surface area contributed by atoms with E-state index in [4.69, 9.17) is 4.52 Å². The van der Waals surface area contributed by atoms with Crippen molar-refractivity contribution < 1.29 is 17.7 Å². The number of amides is 1. The second-order valence-corrected chi connectivity index (χ2v) is 8.63. The van der Waals surface area contributed by atoms with E-state index < -0.39 is 10.0 Å². The summed E-state index contributed by atoms with van der Waals surface area (Å²) < 4.78 is 33.5. The molecular weight excluding hydrogens is 382 g/mol. The maximum atomic E-state index is 12.6. The average molecular weight is 403 g/mol. The van der Waals surface area contributed by atoms with Crippen molar-refractivity contribution in [1.82, 2.24) is 20.4 Å². The fourth-order valence-electron chi connectivity index (χ4n) is 3.55. The Hall–Kier alpha value is -2.75. The minimum Gasteiger partial charge on any atom is -0.355 e. The maximum absolute atomic E-state index is 12.6. The molecule has 0 saturated carbocycles. The monoisotopic (exact) mass is 403 g/mol. The molecule has 1 N–H and O–H groups in total. The second kappa shape index (κ2) is 7.01. The number of nitrogens with zero attached hydrogens (tertiary/aromatic N) is 4. The van der Waals surface area contributed by atoms with Crippen LogP contribution in [0.1, 0.15) is 43.1 Å². The molecule has 4 rings (SSSR count). The summed E-state index contributed by atoms with van der Waals surface area (Å²) in [5.74, 6) is 1.16. The second-order valence-electron chi connectivity index (χ2n) is 7.06. The van der Waals surface area contributed by atoms with E-state index in [0.717, 1.165) is 0 Å². The zero-order valence-electron chi connectivity index (χ0n) is 15.6. The summed E-state index contributed by atoms with van der Waals surface area (Å²) in [6.45, 7) is 4.65. The molecule has 3 heterocycles. The summed E-state index contributed by atoms with van der Waals surface area (Å²) in [6.07, 6.45) is 1.23. The quantitative estimate of drug-likeness (QED) is 0.823. The number of hydrogen-bond donors (Lipinski definition) is 1. The number of fused-ring (bicyclic) bond motifs is 1. The summed E-state index contributed by atoms with van der Waals surface area (Å²) in [4.78, 5) is 18.9. The van der Waals surface area contributed by atoms with E-state index in [9.17, 15) is 13.2 Å². The largest absolute Gasteiger partial charge is 0.355 e. The van der Waals surface area contributed by atoms with Gasteiger partial charge in [0, 0.05) is 24.6 Å². The van der Waals surface area contributed by atoms with Crippen LogP contribution in [0, 0.1) is 12.8 Å². The molecule has 0 radical (unpaired) electrons. The minimum absolute atomic E-state index is 0.0654. The number of nitrogens with one attached hydrogen (secondary N) is 1. The number of amidine groups is 1. The summed E-state index contributed by atoms with van der Waals surface area (Å²) in [7, 11) is -3.63. The van der Waals surface area contributed by atoms with Gasteiger partial charge in [-0.05, 0) is 38.8 Å². The Kier molecular flexibility index (Phi) is 4.66. The Morgan fingerprint density at radius 1 is 1.29 bits per heavy atom. The highest BCUT2D eigenvalue weighted by Crippen LogP contribution is 2.29. The van der Waals surface area contributed by atoms with E-state index in [0.29, 0.717) is 49.0 Å². The third-order valence-corrected chi connectivity index (χ3v) is 6.38. The van der Waals surface area contributed by atoms with Crippen LogP contribution in [0.4, 0.5) is 0 Å². The van der Waals surface area contributed by atoms with Gasteiger partial charge >= 0.3 is 0 Å². The molecule has 10 heteroatoms. The van der Waals surface area contributed by atoms with Gasteiger partial charge in [-0.2, -0.15) is 13.4 Å². The molecule has 1 unspecified atom stereocenters. The number of rotatable bonds is 3. The molecule has 28 heavy (non-hydrogen) atoms. The van der Waals surface area contributed by atoms with Crippen molar-refractivity contribution in [2.75, 3.05) is 13.1 Å². The number of aromatic nitrogens is 2. The molecule has 1 fully saturated rings. The number of aryl methyl sites for hydroxylation is 1. The van der Waals surface area contributed by atoms with Crippen molar-refractivity contribution >= 4 is 21.8 Å². The first kappa shape index (κ1) is 18.6. The molecule has 2 aliphatic heterocycles. The van der Waals surface area contributed by atoms with Crippen molar-refractivity contribution in [3.63, 3.8) is 0 Å². The molecular formula is C18H21N5O4S. The van der Waals surface area contributed by atoms with Crippen LogP contribution in [0.2, 0.25) is 0 Å².